The van der Waals surface area contributed by atoms with Crippen molar-refractivity contribution in [2.75, 3.05) is 0 Å². The molecule has 2 aromatic carbocycles. The Balaban J connectivity index is 1.52. The van der Waals surface area contributed by atoms with Crippen molar-refractivity contribution in [2.24, 2.45) is 0 Å². The minimum absolute atomic E-state index is 0.0131. The van der Waals surface area contributed by atoms with Gasteiger partial charge in [-0.05, 0) is 59.2 Å². The van der Waals surface area contributed by atoms with E-state index >= 15 is 0 Å². The molecule has 4 nitrogen and oxygen atoms in total. The Labute approximate surface area is 179 Å². The third-order valence-corrected chi connectivity index (χ3v) is 5.97. The van der Waals surface area contributed by atoms with Gasteiger partial charge in [0.15, 0.2) is 5.76 Å². The molecule has 0 saturated heterocycles. The van der Waals surface area contributed by atoms with Crippen LogP contribution in [0.25, 0.3) is 6.08 Å². The second kappa shape index (κ2) is 7.58. The lowest BCUT2D eigenvalue weighted by Gasteiger charge is -2.18. The summed E-state index contributed by atoms with van der Waals surface area (Å²) in [4.78, 5) is 26.1. The van der Waals surface area contributed by atoms with Gasteiger partial charge in [0.1, 0.15) is 11.5 Å². The number of Topliss-reactive ketones (excluding diaryl/α,β-unsaturated/α-hetero) is 1. The maximum absolute atomic E-state index is 12.6. The van der Waals surface area contributed by atoms with E-state index in [2.05, 4.69) is 20.8 Å². The zero-order valence-corrected chi connectivity index (χ0v) is 18.1. The number of aryl methyl sites for hydroxylation is 1. The molecule has 0 N–H and O–H groups in total. The number of ketones is 1. The largest absolute Gasteiger partial charge is 0.452 e. The molecule has 1 aromatic heterocycles. The fourth-order valence-electron chi connectivity index (χ4n) is 3.15. The Morgan fingerprint density at radius 2 is 1.80 bits per heavy atom. The highest BCUT2D eigenvalue weighted by molar-refractivity contribution is 7.11. The van der Waals surface area contributed by atoms with E-state index in [-0.39, 0.29) is 17.0 Å². The van der Waals surface area contributed by atoms with E-state index in [0.717, 1.165) is 16.0 Å². The van der Waals surface area contributed by atoms with Crippen LogP contribution in [0, 0.1) is 6.92 Å². The highest BCUT2D eigenvalue weighted by atomic mass is 32.1. The van der Waals surface area contributed by atoms with Crippen molar-refractivity contribution in [3.05, 3.63) is 86.8 Å². The molecular weight excluding hydrogens is 396 g/mol. The van der Waals surface area contributed by atoms with E-state index in [1.807, 2.05) is 30.5 Å². The number of thiophene rings is 1. The van der Waals surface area contributed by atoms with Crippen molar-refractivity contribution >= 4 is 29.2 Å². The predicted octanol–water partition coefficient (Wildman–Crippen LogP) is 6.19. The van der Waals surface area contributed by atoms with Gasteiger partial charge in [0.05, 0.1) is 11.1 Å². The van der Waals surface area contributed by atoms with Gasteiger partial charge >= 0.3 is 5.97 Å². The second-order valence-corrected chi connectivity index (χ2v) is 9.23. The number of hydrogen-bond acceptors (Lipinski definition) is 5. The molecule has 0 amide bonds. The quantitative estimate of drug-likeness (QED) is 0.289. The minimum atomic E-state index is -0.454. The highest BCUT2D eigenvalue weighted by Gasteiger charge is 2.28. The van der Waals surface area contributed by atoms with E-state index in [4.69, 9.17) is 9.47 Å². The van der Waals surface area contributed by atoms with Crippen LogP contribution in [0.15, 0.2) is 59.7 Å². The summed E-state index contributed by atoms with van der Waals surface area (Å²) < 4.78 is 11.3. The molecule has 4 rings (SSSR count). The molecule has 0 aliphatic carbocycles. The number of rotatable bonds is 3. The fourth-order valence-corrected chi connectivity index (χ4v) is 4.00. The number of carbonyl (C=O) groups excluding carboxylic acids is 2. The van der Waals surface area contributed by atoms with Crippen molar-refractivity contribution in [3.63, 3.8) is 0 Å². The van der Waals surface area contributed by atoms with E-state index in [0.29, 0.717) is 22.6 Å². The van der Waals surface area contributed by atoms with Crippen molar-refractivity contribution in [1.82, 2.24) is 0 Å². The second-order valence-electron chi connectivity index (χ2n) is 8.28. The van der Waals surface area contributed by atoms with Gasteiger partial charge in [-0.15, -0.1) is 11.3 Å². The first-order valence-corrected chi connectivity index (χ1v) is 10.6. The molecule has 3 aromatic rings. The number of allylic oxidation sites excluding steroid dienone is 1. The van der Waals surface area contributed by atoms with Gasteiger partial charge in [0.2, 0.25) is 5.78 Å². The predicted molar refractivity (Wildman–Crippen MR) is 119 cm³/mol. The van der Waals surface area contributed by atoms with Crippen molar-refractivity contribution in [1.29, 1.82) is 0 Å². The van der Waals surface area contributed by atoms with Crippen LogP contribution in [0.5, 0.6) is 11.5 Å². The summed E-state index contributed by atoms with van der Waals surface area (Å²) >= 11 is 1.55. The normalized spacial score (nSPS) is 14.5. The average Bonchev–Trinajstić information content (AvgIpc) is 3.24. The van der Waals surface area contributed by atoms with Crippen molar-refractivity contribution < 1.29 is 19.1 Å². The van der Waals surface area contributed by atoms with Crippen LogP contribution in [0.1, 0.15) is 57.5 Å². The average molecular weight is 419 g/mol. The molecule has 0 fully saturated rings. The van der Waals surface area contributed by atoms with Gasteiger partial charge < -0.3 is 9.47 Å². The summed E-state index contributed by atoms with van der Waals surface area (Å²) in [6.07, 6.45) is 1.75. The lowest BCUT2D eigenvalue weighted by Crippen LogP contribution is -2.12. The molecule has 152 valence electrons. The smallest absolute Gasteiger partial charge is 0.343 e. The molecule has 0 radical (unpaired) electrons. The Morgan fingerprint density at radius 3 is 2.43 bits per heavy atom. The molecular formula is C25H22O4S. The first-order chi connectivity index (χ1) is 14.2. The Hall–Kier alpha value is -3.18. The van der Waals surface area contributed by atoms with Crippen LogP contribution in [0.2, 0.25) is 0 Å². The summed E-state index contributed by atoms with van der Waals surface area (Å²) in [6, 6.07) is 14.2. The van der Waals surface area contributed by atoms with Gasteiger partial charge in [-0.3, -0.25) is 4.79 Å². The molecule has 30 heavy (non-hydrogen) atoms. The molecule has 0 atom stereocenters. The Morgan fingerprint density at radius 1 is 1.07 bits per heavy atom. The van der Waals surface area contributed by atoms with E-state index in [9.17, 15) is 9.59 Å². The standard InChI is InChI=1S/C25H22O4S/c1-15-11-12-30-22(15)14-21-23(26)19-10-9-18(13-20(19)29-21)28-24(27)16-5-7-17(8-6-16)25(2,3)4/h5-14H,1-4H3. The molecule has 2 heterocycles. The molecule has 0 saturated carbocycles. The Kier molecular flexibility index (Phi) is 5.08. The third-order valence-electron chi connectivity index (χ3n) is 5.00. The van der Waals surface area contributed by atoms with Gasteiger partial charge in [-0.2, -0.15) is 0 Å². The zero-order chi connectivity index (χ0) is 21.5. The van der Waals surface area contributed by atoms with Crippen LogP contribution in [0.4, 0.5) is 0 Å². The maximum Gasteiger partial charge on any atom is 0.343 e. The van der Waals surface area contributed by atoms with E-state index in [1.54, 1.807) is 47.7 Å². The monoisotopic (exact) mass is 418 g/mol. The number of ether oxygens (including phenoxy) is 2. The molecule has 0 unspecified atom stereocenters. The topological polar surface area (TPSA) is 52.6 Å². The van der Waals surface area contributed by atoms with Crippen LogP contribution in [0.3, 0.4) is 0 Å². The van der Waals surface area contributed by atoms with Gasteiger partial charge in [-0.25, -0.2) is 4.79 Å². The van der Waals surface area contributed by atoms with E-state index < -0.39 is 5.97 Å². The number of benzene rings is 2. The summed E-state index contributed by atoms with van der Waals surface area (Å²) in [5, 5.41) is 1.97. The Bertz CT molecular complexity index is 1160. The van der Waals surface area contributed by atoms with Crippen LogP contribution >= 0.6 is 11.3 Å². The lowest BCUT2D eigenvalue weighted by molar-refractivity contribution is 0.0734. The SMILES string of the molecule is Cc1ccsc1C=C1Oc2cc(OC(=O)c3ccc(C(C)(C)C)cc3)ccc2C1=O. The minimum Gasteiger partial charge on any atom is -0.452 e. The zero-order valence-electron chi connectivity index (χ0n) is 17.3. The molecule has 1 aliphatic heterocycles. The molecule has 0 bridgehead atoms. The van der Waals surface area contributed by atoms with Crippen LogP contribution in [-0.2, 0) is 5.41 Å². The highest BCUT2D eigenvalue weighted by Crippen LogP contribution is 2.36. The van der Waals surface area contributed by atoms with Crippen molar-refractivity contribution in [2.45, 2.75) is 33.1 Å². The van der Waals surface area contributed by atoms with Gasteiger partial charge in [-0.1, -0.05) is 32.9 Å². The molecule has 1 aliphatic rings. The summed E-state index contributed by atoms with van der Waals surface area (Å²) in [5.74, 6) is 0.379. The van der Waals surface area contributed by atoms with E-state index in [1.165, 1.54) is 0 Å². The van der Waals surface area contributed by atoms with Gasteiger partial charge in [0, 0.05) is 17.0 Å². The van der Waals surface area contributed by atoms with Gasteiger partial charge in [0.25, 0.3) is 0 Å². The summed E-state index contributed by atoms with van der Waals surface area (Å²) in [6.45, 7) is 8.35. The number of carbonyl (C=O) groups is 2. The summed E-state index contributed by atoms with van der Waals surface area (Å²) in [5.41, 5.74) is 3.17. The molecule has 0 spiro atoms. The first-order valence-electron chi connectivity index (χ1n) is 9.67. The maximum atomic E-state index is 12.6. The van der Waals surface area contributed by atoms with Crippen molar-refractivity contribution in [3.8, 4) is 11.5 Å². The van der Waals surface area contributed by atoms with Crippen LogP contribution in [-0.4, -0.2) is 11.8 Å². The first kappa shape index (κ1) is 20.1. The van der Waals surface area contributed by atoms with Crippen LogP contribution < -0.4 is 9.47 Å². The summed E-state index contributed by atoms with van der Waals surface area (Å²) in [7, 11) is 0. The number of esters is 1. The lowest BCUT2D eigenvalue weighted by atomic mass is 9.87. The number of fused-ring (bicyclic) bond motifs is 1. The third kappa shape index (κ3) is 3.94. The number of hydrogen-bond donors (Lipinski definition) is 0. The fraction of sp³-hybridized carbons (Fsp3) is 0.200. The molecule has 5 heteroatoms.